The van der Waals surface area contributed by atoms with Crippen LogP contribution in [0.1, 0.15) is 18.4 Å². The minimum atomic E-state index is -4.51. The predicted molar refractivity (Wildman–Crippen MR) is 96.8 cm³/mol. The number of thioether (sulfide) groups is 1. The molecule has 142 valence electrons. The number of benzene rings is 1. The number of nitrogens with one attached hydrogen (secondary N) is 1. The van der Waals surface area contributed by atoms with Gasteiger partial charge in [-0.2, -0.15) is 13.2 Å². The largest absolute Gasteiger partial charge is 0.507 e. The standard InChI is InChI=1S/C18H17F3N4OS/c19-18(20,21)11-5-6-13(15(26)9-11)16-14-4-2-8-25(14)17(24-23-16)27-12-3-1-7-22-10-12/h2,4-6,8-9,12,22,26H,1,3,7,10H2/t12-/m1/s1. The van der Waals surface area contributed by atoms with E-state index in [1.165, 1.54) is 6.07 Å². The van der Waals surface area contributed by atoms with Crippen LogP contribution in [0.5, 0.6) is 5.75 Å². The fourth-order valence-electron chi connectivity index (χ4n) is 3.18. The number of aromatic hydroxyl groups is 1. The first-order chi connectivity index (χ1) is 12.9. The van der Waals surface area contributed by atoms with Crippen molar-refractivity contribution < 1.29 is 18.3 Å². The Morgan fingerprint density at radius 1 is 1.22 bits per heavy atom. The predicted octanol–water partition coefficient (Wildman–Crippen LogP) is 3.96. The zero-order valence-corrected chi connectivity index (χ0v) is 15.0. The van der Waals surface area contributed by atoms with Gasteiger partial charge in [0.05, 0.1) is 11.1 Å². The quantitative estimate of drug-likeness (QED) is 0.704. The average Bonchev–Trinajstić information content (AvgIpc) is 3.13. The van der Waals surface area contributed by atoms with Crippen LogP contribution in [0.15, 0.2) is 41.7 Å². The SMILES string of the molecule is Oc1cc(C(F)(F)F)ccc1-c1nnc(S[C@@H]2CCCNC2)n2cccc12. The lowest BCUT2D eigenvalue weighted by Crippen LogP contribution is -2.31. The molecule has 1 atom stereocenters. The van der Waals surface area contributed by atoms with Gasteiger partial charge in [-0.15, -0.1) is 10.2 Å². The first-order valence-corrected chi connectivity index (χ1v) is 9.43. The van der Waals surface area contributed by atoms with Gasteiger partial charge in [0, 0.05) is 23.6 Å². The van der Waals surface area contributed by atoms with Crippen molar-refractivity contribution in [2.75, 3.05) is 13.1 Å². The third-order valence-corrected chi connectivity index (χ3v) is 5.76. The molecule has 9 heteroatoms. The van der Waals surface area contributed by atoms with Crippen molar-refractivity contribution in [1.82, 2.24) is 19.9 Å². The summed E-state index contributed by atoms with van der Waals surface area (Å²) in [5.74, 6) is -0.473. The molecule has 0 spiro atoms. The van der Waals surface area contributed by atoms with E-state index in [1.54, 1.807) is 11.8 Å². The molecule has 0 amide bonds. The molecule has 27 heavy (non-hydrogen) atoms. The lowest BCUT2D eigenvalue weighted by atomic mass is 10.1. The molecule has 2 aromatic heterocycles. The summed E-state index contributed by atoms with van der Waals surface area (Å²) in [5, 5.41) is 23.1. The number of phenolic OH excluding ortho intramolecular Hbond substituents is 1. The number of halogens is 3. The van der Waals surface area contributed by atoms with Gasteiger partial charge in [-0.1, -0.05) is 11.8 Å². The second kappa shape index (κ2) is 7.05. The molecular weight excluding hydrogens is 377 g/mol. The fourth-order valence-corrected chi connectivity index (χ4v) is 4.33. The van der Waals surface area contributed by atoms with Crippen molar-refractivity contribution in [3.05, 3.63) is 42.1 Å². The molecule has 0 radical (unpaired) electrons. The smallest absolute Gasteiger partial charge is 0.416 e. The number of hydrogen-bond donors (Lipinski definition) is 2. The Labute approximate surface area is 157 Å². The van der Waals surface area contributed by atoms with Gasteiger partial charge in [-0.25, -0.2) is 0 Å². The van der Waals surface area contributed by atoms with Crippen LogP contribution in [-0.2, 0) is 6.18 Å². The van der Waals surface area contributed by atoms with Gasteiger partial charge >= 0.3 is 6.18 Å². The Bertz CT molecular complexity index is 967. The van der Waals surface area contributed by atoms with Gasteiger partial charge in [0.1, 0.15) is 11.4 Å². The number of hydrogen-bond acceptors (Lipinski definition) is 5. The van der Waals surface area contributed by atoms with Gasteiger partial charge < -0.3 is 10.4 Å². The van der Waals surface area contributed by atoms with E-state index in [9.17, 15) is 18.3 Å². The molecule has 0 saturated carbocycles. The van der Waals surface area contributed by atoms with E-state index < -0.39 is 17.5 Å². The zero-order valence-electron chi connectivity index (χ0n) is 14.2. The van der Waals surface area contributed by atoms with Gasteiger partial charge in [0.25, 0.3) is 0 Å². The summed E-state index contributed by atoms with van der Waals surface area (Å²) in [7, 11) is 0. The van der Waals surface area contributed by atoms with Crippen molar-refractivity contribution in [1.29, 1.82) is 0 Å². The molecule has 1 aliphatic heterocycles. The van der Waals surface area contributed by atoms with Crippen LogP contribution >= 0.6 is 11.8 Å². The number of nitrogens with zero attached hydrogens (tertiary/aromatic N) is 3. The molecule has 1 saturated heterocycles. The zero-order chi connectivity index (χ0) is 19.0. The molecule has 4 rings (SSSR count). The highest BCUT2D eigenvalue weighted by Gasteiger charge is 2.31. The summed E-state index contributed by atoms with van der Waals surface area (Å²) in [5.41, 5.74) is 0.346. The second-order valence-corrected chi connectivity index (χ2v) is 7.68. The topological polar surface area (TPSA) is 62.5 Å². The number of rotatable bonds is 3. The molecular formula is C18H17F3N4OS. The third kappa shape index (κ3) is 3.61. The maximum atomic E-state index is 12.8. The molecule has 0 aliphatic carbocycles. The first-order valence-electron chi connectivity index (χ1n) is 8.55. The number of fused-ring (bicyclic) bond motifs is 1. The van der Waals surface area contributed by atoms with Crippen LogP contribution in [0.25, 0.3) is 16.8 Å². The molecule has 2 N–H and O–H groups in total. The van der Waals surface area contributed by atoms with E-state index in [2.05, 4.69) is 15.5 Å². The van der Waals surface area contributed by atoms with Crippen LogP contribution < -0.4 is 5.32 Å². The van der Waals surface area contributed by atoms with Gasteiger partial charge in [-0.05, 0) is 49.7 Å². The maximum absolute atomic E-state index is 12.8. The van der Waals surface area contributed by atoms with Crippen molar-refractivity contribution in [3.8, 4) is 17.0 Å². The second-order valence-electron chi connectivity index (χ2n) is 6.41. The summed E-state index contributed by atoms with van der Waals surface area (Å²) < 4.78 is 40.3. The van der Waals surface area contributed by atoms with Crippen molar-refractivity contribution in [2.45, 2.75) is 29.4 Å². The number of piperidine rings is 1. The molecule has 0 unspecified atom stereocenters. The van der Waals surface area contributed by atoms with Gasteiger partial charge in [-0.3, -0.25) is 4.40 Å². The van der Waals surface area contributed by atoms with Crippen molar-refractivity contribution in [3.63, 3.8) is 0 Å². The van der Waals surface area contributed by atoms with E-state index in [1.807, 2.05) is 22.7 Å². The van der Waals surface area contributed by atoms with E-state index >= 15 is 0 Å². The minimum Gasteiger partial charge on any atom is -0.507 e. The molecule has 1 fully saturated rings. The summed E-state index contributed by atoms with van der Waals surface area (Å²) in [6, 6.07) is 6.52. The van der Waals surface area contributed by atoms with Crippen LogP contribution in [0.2, 0.25) is 0 Å². The number of phenols is 1. The minimum absolute atomic E-state index is 0.218. The highest BCUT2D eigenvalue weighted by atomic mass is 32.2. The molecule has 1 aromatic carbocycles. The molecule has 1 aliphatic rings. The fraction of sp³-hybridized carbons (Fsp3) is 0.333. The highest BCUT2D eigenvalue weighted by Crippen LogP contribution is 2.37. The van der Waals surface area contributed by atoms with Crippen molar-refractivity contribution in [2.24, 2.45) is 0 Å². The van der Waals surface area contributed by atoms with Crippen LogP contribution in [0, 0.1) is 0 Å². The Balaban J connectivity index is 1.71. The number of aromatic nitrogens is 3. The summed E-state index contributed by atoms with van der Waals surface area (Å²) in [4.78, 5) is 0. The van der Waals surface area contributed by atoms with Crippen LogP contribution in [-0.4, -0.2) is 38.0 Å². The Kier molecular flexibility index (Phi) is 4.73. The highest BCUT2D eigenvalue weighted by molar-refractivity contribution is 7.99. The normalized spacial score (nSPS) is 18.1. The van der Waals surface area contributed by atoms with Crippen molar-refractivity contribution >= 4 is 17.3 Å². The molecule has 3 heterocycles. The Morgan fingerprint density at radius 2 is 2.07 bits per heavy atom. The summed E-state index contributed by atoms with van der Waals surface area (Å²) >= 11 is 1.63. The first kappa shape index (κ1) is 18.1. The van der Waals surface area contributed by atoms with Gasteiger partial charge in [0.15, 0.2) is 5.16 Å². The molecule has 3 aromatic rings. The third-order valence-electron chi connectivity index (χ3n) is 4.54. The van der Waals surface area contributed by atoms with E-state index in [-0.39, 0.29) is 5.56 Å². The van der Waals surface area contributed by atoms with E-state index in [0.717, 1.165) is 37.2 Å². The van der Waals surface area contributed by atoms with Crippen LogP contribution in [0.4, 0.5) is 13.2 Å². The molecule has 5 nitrogen and oxygen atoms in total. The maximum Gasteiger partial charge on any atom is 0.416 e. The summed E-state index contributed by atoms with van der Waals surface area (Å²) in [6.45, 7) is 1.92. The van der Waals surface area contributed by atoms with E-state index in [4.69, 9.17) is 0 Å². The Hall–Kier alpha value is -2.26. The van der Waals surface area contributed by atoms with E-state index in [0.29, 0.717) is 22.5 Å². The summed E-state index contributed by atoms with van der Waals surface area (Å²) in [6.07, 6.45) is -0.477. The monoisotopic (exact) mass is 394 g/mol. The lowest BCUT2D eigenvalue weighted by molar-refractivity contribution is -0.137. The van der Waals surface area contributed by atoms with Crippen LogP contribution in [0.3, 0.4) is 0 Å². The average molecular weight is 394 g/mol. The van der Waals surface area contributed by atoms with Gasteiger partial charge in [0.2, 0.25) is 0 Å². The molecule has 0 bridgehead atoms. The Morgan fingerprint density at radius 3 is 2.78 bits per heavy atom. The lowest BCUT2D eigenvalue weighted by Gasteiger charge is -2.22. The number of alkyl halides is 3.